The molecular weight excluding hydrogens is 292 g/mol. The van der Waals surface area contributed by atoms with Crippen LogP contribution in [0.25, 0.3) is 0 Å². The first-order valence-electron chi connectivity index (χ1n) is 8.41. The molecule has 1 aliphatic carbocycles. The zero-order valence-electron chi connectivity index (χ0n) is 13.9. The third-order valence-corrected chi connectivity index (χ3v) is 5.16. The molecule has 1 aromatic rings. The van der Waals surface area contributed by atoms with Crippen LogP contribution in [0.4, 0.5) is 0 Å². The van der Waals surface area contributed by atoms with Gasteiger partial charge in [-0.3, -0.25) is 9.59 Å². The van der Waals surface area contributed by atoms with E-state index in [4.69, 9.17) is 9.47 Å². The van der Waals surface area contributed by atoms with Crippen LogP contribution in [0.5, 0.6) is 5.75 Å². The summed E-state index contributed by atoms with van der Waals surface area (Å²) in [5.41, 5.74) is 1.64. The van der Waals surface area contributed by atoms with Gasteiger partial charge in [0.25, 0.3) is 0 Å². The van der Waals surface area contributed by atoms with Crippen LogP contribution in [0.1, 0.15) is 49.7 Å². The number of hydrogen-bond donors (Lipinski definition) is 0. The van der Waals surface area contributed by atoms with Crippen molar-refractivity contribution in [2.75, 3.05) is 19.8 Å². The van der Waals surface area contributed by atoms with Crippen molar-refractivity contribution in [2.24, 2.45) is 5.41 Å². The number of benzene rings is 1. The van der Waals surface area contributed by atoms with E-state index in [1.807, 2.05) is 32.0 Å². The van der Waals surface area contributed by atoms with Crippen LogP contribution in [-0.4, -0.2) is 31.4 Å². The van der Waals surface area contributed by atoms with Gasteiger partial charge >= 0.3 is 0 Å². The summed E-state index contributed by atoms with van der Waals surface area (Å²) in [4.78, 5) is 25.5. The van der Waals surface area contributed by atoms with Crippen LogP contribution in [-0.2, 0) is 14.3 Å². The lowest BCUT2D eigenvalue weighted by atomic mass is 9.64. The molecule has 0 aromatic heterocycles. The average molecular weight is 316 g/mol. The number of hydrogen-bond acceptors (Lipinski definition) is 4. The fourth-order valence-electron chi connectivity index (χ4n) is 3.92. The summed E-state index contributed by atoms with van der Waals surface area (Å²) in [6.07, 6.45) is 2.64. The van der Waals surface area contributed by atoms with E-state index in [2.05, 4.69) is 0 Å². The van der Waals surface area contributed by atoms with E-state index in [1.165, 1.54) is 0 Å². The Labute approximate surface area is 137 Å². The smallest absolute Gasteiger partial charge is 0.148 e. The predicted octanol–water partition coefficient (Wildman–Crippen LogP) is 3.21. The van der Waals surface area contributed by atoms with Gasteiger partial charge in [-0.2, -0.15) is 0 Å². The minimum atomic E-state index is -0.598. The molecule has 0 radical (unpaired) electrons. The number of ether oxygens (including phenoxy) is 2. The monoisotopic (exact) mass is 316 g/mol. The molecule has 4 heteroatoms. The van der Waals surface area contributed by atoms with Crippen LogP contribution in [0, 0.1) is 12.3 Å². The Kier molecular flexibility index (Phi) is 4.53. The summed E-state index contributed by atoms with van der Waals surface area (Å²) < 4.78 is 10.9. The Hall–Kier alpha value is -1.68. The van der Waals surface area contributed by atoms with Crippen molar-refractivity contribution < 1.29 is 19.1 Å². The first kappa shape index (κ1) is 16.2. The van der Waals surface area contributed by atoms with Gasteiger partial charge in [0.2, 0.25) is 0 Å². The maximum atomic E-state index is 12.7. The van der Waals surface area contributed by atoms with Crippen LogP contribution in [0.3, 0.4) is 0 Å². The Morgan fingerprint density at radius 2 is 1.83 bits per heavy atom. The highest BCUT2D eigenvalue weighted by Gasteiger charge is 2.46. The third-order valence-electron chi connectivity index (χ3n) is 5.16. The zero-order valence-corrected chi connectivity index (χ0v) is 13.9. The molecule has 2 aliphatic rings. The van der Waals surface area contributed by atoms with Gasteiger partial charge in [0, 0.05) is 26.1 Å². The van der Waals surface area contributed by atoms with Crippen molar-refractivity contribution in [2.45, 2.75) is 45.4 Å². The van der Waals surface area contributed by atoms with Crippen LogP contribution >= 0.6 is 0 Å². The number of rotatable bonds is 3. The van der Waals surface area contributed by atoms with Gasteiger partial charge in [-0.05, 0) is 55.4 Å². The number of aryl methyl sites for hydroxylation is 1. The summed E-state index contributed by atoms with van der Waals surface area (Å²) in [6, 6.07) is 5.65. The van der Waals surface area contributed by atoms with Gasteiger partial charge in [0.05, 0.1) is 6.61 Å². The largest absolute Gasteiger partial charge is 0.494 e. The first-order chi connectivity index (χ1) is 11.0. The lowest BCUT2D eigenvalue weighted by molar-refractivity contribution is -0.139. The second kappa shape index (κ2) is 6.44. The summed E-state index contributed by atoms with van der Waals surface area (Å²) in [5, 5.41) is 0. The number of ketones is 2. The zero-order chi connectivity index (χ0) is 16.4. The molecular formula is C19H24O4. The van der Waals surface area contributed by atoms with Crippen molar-refractivity contribution in [3.63, 3.8) is 0 Å². The highest BCUT2D eigenvalue weighted by molar-refractivity contribution is 6.10. The molecule has 0 bridgehead atoms. The molecule has 4 nitrogen and oxygen atoms in total. The molecule has 0 unspecified atom stereocenters. The molecule has 1 saturated carbocycles. The highest BCUT2D eigenvalue weighted by atomic mass is 16.5. The maximum absolute atomic E-state index is 12.7. The molecule has 0 amide bonds. The van der Waals surface area contributed by atoms with Crippen molar-refractivity contribution in [3.8, 4) is 5.75 Å². The molecule has 0 N–H and O–H groups in total. The number of carbonyl (C=O) groups excluding carboxylic acids is 2. The normalized spacial score (nSPS) is 21.7. The van der Waals surface area contributed by atoms with Gasteiger partial charge in [0.15, 0.2) is 0 Å². The van der Waals surface area contributed by atoms with E-state index in [0.717, 1.165) is 29.7 Å². The first-order valence-corrected chi connectivity index (χ1v) is 8.41. The van der Waals surface area contributed by atoms with E-state index in [9.17, 15) is 9.59 Å². The molecule has 1 heterocycles. The topological polar surface area (TPSA) is 52.6 Å². The van der Waals surface area contributed by atoms with Gasteiger partial charge in [-0.25, -0.2) is 0 Å². The van der Waals surface area contributed by atoms with Crippen molar-refractivity contribution in [1.82, 2.24) is 0 Å². The number of Topliss-reactive ketones (excluding diaryl/α,β-unsaturated/α-hetero) is 2. The molecule has 124 valence electrons. The predicted molar refractivity (Wildman–Crippen MR) is 86.8 cm³/mol. The second-order valence-electron chi connectivity index (χ2n) is 6.78. The SMILES string of the molecule is CCOc1ccc(C2C(=O)CC3(CCOCC3)CC2=O)c(C)c1. The van der Waals surface area contributed by atoms with Gasteiger partial charge in [-0.15, -0.1) is 0 Å². The van der Waals surface area contributed by atoms with Crippen molar-refractivity contribution >= 4 is 11.6 Å². The average Bonchev–Trinajstić information content (AvgIpc) is 2.49. The summed E-state index contributed by atoms with van der Waals surface area (Å²) in [6.45, 7) is 5.80. The summed E-state index contributed by atoms with van der Waals surface area (Å²) in [7, 11) is 0. The molecule has 1 aromatic carbocycles. The second-order valence-corrected chi connectivity index (χ2v) is 6.78. The van der Waals surface area contributed by atoms with Gasteiger partial charge in [0.1, 0.15) is 23.2 Å². The molecule has 0 atom stereocenters. The van der Waals surface area contributed by atoms with E-state index in [0.29, 0.717) is 32.7 Å². The summed E-state index contributed by atoms with van der Waals surface area (Å²) in [5.74, 6) is 0.315. The lowest BCUT2D eigenvalue weighted by Gasteiger charge is -2.41. The fraction of sp³-hybridized carbons (Fsp3) is 0.579. The molecule has 1 spiro atoms. The summed E-state index contributed by atoms with van der Waals surface area (Å²) >= 11 is 0. The Bertz CT molecular complexity index is 594. The van der Waals surface area contributed by atoms with Crippen LogP contribution in [0.15, 0.2) is 18.2 Å². The Morgan fingerprint density at radius 1 is 1.17 bits per heavy atom. The van der Waals surface area contributed by atoms with Gasteiger partial charge in [-0.1, -0.05) is 6.07 Å². The minimum absolute atomic E-state index is 0.0652. The molecule has 1 aliphatic heterocycles. The third kappa shape index (κ3) is 3.18. The fourth-order valence-corrected chi connectivity index (χ4v) is 3.92. The molecule has 23 heavy (non-hydrogen) atoms. The Balaban J connectivity index is 1.84. The maximum Gasteiger partial charge on any atom is 0.148 e. The van der Waals surface area contributed by atoms with E-state index < -0.39 is 5.92 Å². The van der Waals surface area contributed by atoms with E-state index in [-0.39, 0.29) is 17.0 Å². The van der Waals surface area contributed by atoms with Crippen molar-refractivity contribution in [3.05, 3.63) is 29.3 Å². The molecule has 1 saturated heterocycles. The number of carbonyl (C=O) groups is 2. The van der Waals surface area contributed by atoms with E-state index >= 15 is 0 Å². The van der Waals surface area contributed by atoms with Crippen LogP contribution in [0.2, 0.25) is 0 Å². The minimum Gasteiger partial charge on any atom is -0.494 e. The highest BCUT2D eigenvalue weighted by Crippen LogP contribution is 2.45. The standard InChI is InChI=1S/C19H24O4/c1-3-23-14-4-5-15(13(2)10-14)18-16(20)11-19(12-17(18)21)6-8-22-9-7-19/h4-5,10,18H,3,6-9,11-12H2,1-2H3. The lowest BCUT2D eigenvalue weighted by Crippen LogP contribution is -2.42. The van der Waals surface area contributed by atoms with Crippen LogP contribution < -0.4 is 4.74 Å². The Morgan fingerprint density at radius 3 is 2.39 bits per heavy atom. The molecule has 3 rings (SSSR count). The quantitative estimate of drug-likeness (QED) is 0.804. The van der Waals surface area contributed by atoms with E-state index in [1.54, 1.807) is 0 Å². The van der Waals surface area contributed by atoms with Gasteiger partial charge < -0.3 is 9.47 Å². The molecule has 2 fully saturated rings. The van der Waals surface area contributed by atoms with Crippen molar-refractivity contribution in [1.29, 1.82) is 0 Å².